The van der Waals surface area contributed by atoms with E-state index >= 15 is 0 Å². The Kier molecular flexibility index (Phi) is 3.25. The minimum Gasteiger partial charge on any atom is -0.396 e. The summed E-state index contributed by atoms with van der Waals surface area (Å²) in [7, 11) is 0. The lowest BCUT2D eigenvalue weighted by molar-refractivity contribution is 0.0852. The number of amides is 1. The van der Waals surface area contributed by atoms with E-state index in [1.54, 1.807) is 0 Å². The van der Waals surface area contributed by atoms with E-state index in [0.717, 1.165) is 43.4 Å². The van der Waals surface area contributed by atoms with Crippen molar-refractivity contribution in [2.24, 2.45) is 17.8 Å². The number of hydrogen-bond donors (Lipinski definition) is 2. The molecule has 3 aliphatic rings. The van der Waals surface area contributed by atoms with E-state index in [1.807, 2.05) is 0 Å². The van der Waals surface area contributed by atoms with Gasteiger partial charge in [-0.15, -0.1) is 0 Å². The van der Waals surface area contributed by atoms with Crippen molar-refractivity contribution in [3.8, 4) is 0 Å². The van der Waals surface area contributed by atoms with Crippen LogP contribution in [0.3, 0.4) is 0 Å². The summed E-state index contributed by atoms with van der Waals surface area (Å²) in [5.41, 5.74) is 1.48. The number of carbonyl (C=O) groups is 1. The zero-order chi connectivity index (χ0) is 14.4. The number of aromatic nitrogens is 1. The van der Waals surface area contributed by atoms with Crippen molar-refractivity contribution in [1.29, 1.82) is 0 Å². The third-order valence-corrected chi connectivity index (χ3v) is 5.76. The Morgan fingerprint density at radius 2 is 2.10 bits per heavy atom. The molecule has 4 atom stereocenters. The highest BCUT2D eigenvalue weighted by Gasteiger charge is 2.48. The highest BCUT2D eigenvalue weighted by molar-refractivity contribution is 5.94. The first kappa shape index (κ1) is 13.3. The lowest BCUT2D eigenvalue weighted by Crippen LogP contribution is -2.45. The number of carbonyl (C=O) groups excluding carboxylic acids is 1. The summed E-state index contributed by atoms with van der Waals surface area (Å²) < 4.78 is 5.33. The molecule has 0 radical (unpaired) electrons. The average molecular weight is 290 g/mol. The van der Waals surface area contributed by atoms with Gasteiger partial charge in [0.15, 0.2) is 5.69 Å². The van der Waals surface area contributed by atoms with Gasteiger partial charge in [0.2, 0.25) is 0 Å². The Morgan fingerprint density at radius 3 is 2.95 bits per heavy atom. The maximum atomic E-state index is 12.6. The number of fused-ring (bicyclic) bond motifs is 3. The molecule has 0 aliphatic heterocycles. The molecule has 1 aromatic rings. The fourth-order valence-corrected chi connectivity index (χ4v) is 4.68. The van der Waals surface area contributed by atoms with Crippen LogP contribution in [0.2, 0.25) is 0 Å². The standard InChI is InChI=1S/C16H22N2O3/c19-8-12-9-5-6-10(7-9)14(12)17-16(20)15-11-3-1-2-4-13(11)21-18-15/h9-10,12,14,19H,1-8H2,(H,17,20). The van der Waals surface area contributed by atoms with Gasteiger partial charge in [0.05, 0.1) is 0 Å². The van der Waals surface area contributed by atoms with Gasteiger partial charge in [-0.25, -0.2) is 0 Å². The molecular weight excluding hydrogens is 268 g/mol. The van der Waals surface area contributed by atoms with Gasteiger partial charge in [0, 0.05) is 30.6 Å². The predicted octanol–water partition coefficient (Wildman–Crippen LogP) is 1.69. The van der Waals surface area contributed by atoms with Crippen molar-refractivity contribution >= 4 is 5.91 Å². The van der Waals surface area contributed by atoms with Crippen LogP contribution in [-0.4, -0.2) is 28.8 Å². The Hall–Kier alpha value is -1.36. The summed E-state index contributed by atoms with van der Waals surface area (Å²) in [4.78, 5) is 12.6. The Balaban J connectivity index is 1.52. The summed E-state index contributed by atoms with van der Waals surface area (Å²) in [6.45, 7) is 0.170. The molecule has 2 N–H and O–H groups in total. The monoisotopic (exact) mass is 290 g/mol. The molecular formula is C16H22N2O3. The van der Waals surface area contributed by atoms with Crippen LogP contribution in [0.15, 0.2) is 4.52 Å². The summed E-state index contributed by atoms with van der Waals surface area (Å²) >= 11 is 0. The van der Waals surface area contributed by atoms with Gasteiger partial charge in [-0.05, 0) is 50.4 Å². The second-order valence-corrected chi connectivity index (χ2v) is 6.82. The largest absolute Gasteiger partial charge is 0.396 e. The normalized spacial score (nSPS) is 34.0. The van der Waals surface area contributed by atoms with E-state index in [2.05, 4.69) is 10.5 Å². The molecule has 0 aromatic carbocycles. The SMILES string of the molecule is O=C(NC1C2CCC(C2)C1CO)c1noc2c1CCCC2. The number of nitrogens with one attached hydrogen (secondary N) is 1. The van der Waals surface area contributed by atoms with Crippen molar-refractivity contribution in [2.45, 2.75) is 51.0 Å². The Labute approximate surface area is 124 Å². The molecule has 21 heavy (non-hydrogen) atoms. The number of aliphatic hydroxyl groups excluding tert-OH is 1. The van der Waals surface area contributed by atoms with Crippen LogP contribution in [0.5, 0.6) is 0 Å². The van der Waals surface area contributed by atoms with E-state index in [4.69, 9.17) is 4.52 Å². The minimum absolute atomic E-state index is 0.109. The summed E-state index contributed by atoms with van der Waals surface area (Å²) in [6.07, 6.45) is 7.51. The van der Waals surface area contributed by atoms with Crippen LogP contribution in [-0.2, 0) is 12.8 Å². The first-order valence-electron chi connectivity index (χ1n) is 8.17. The van der Waals surface area contributed by atoms with E-state index in [-0.39, 0.29) is 24.5 Å². The van der Waals surface area contributed by atoms with E-state index < -0.39 is 0 Å². The first-order valence-corrected chi connectivity index (χ1v) is 8.17. The topological polar surface area (TPSA) is 75.4 Å². The van der Waals surface area contributed by atoms with Crippen molar-refractivity contribution in [1.82, 2.24) is 10.5 Å². The number of rotatable bonds is 3. The van der Waals surface area contributed by atoms with Gasteiger partial charge in [-0.1, -0.05) is 5.16 Å². The van der Waals surface area contributed by atoms with Crippen LogP contribution in [0.1, 0.15) is 53.9 Å². The molecule has 2 saturated carbocycles. The second-order valence-electron chi connectivity index (χ2n) is 6.82. The molecule has 5 heteroatoms. The van der Waals surface area contributed by atoms with Crippen molar-refractivity contribution in [3.05, 3.63) is 17.0 Å². The quantitative estimate of drug-likeness (QED) is 0.888. The van der Waals surface area contributed by atoms with Gasteiger partial charge in [-0.2, -0.15) is 0 Å². The van der Waals surface area contributed by atoms with Crippen LogP contribution in [0, 0.1) is 17.8 Å². The lowest BCUT2D eigenvalue weighted by Gasteiger charge is -2.30. The van der Waals surface area contributed by atoms with Crippen molar-refractivity contribution in [3.63, 3.8) is 0 Å². The van der Waals surface area contributed by atoms with E-state index in [0.29, 0.717) is 17.5 Å². The summed E-state index contributed by atoms with van der Waals surface area (Å²) in [5, 5.41) is 16.8. The molecule has 0 spiro atoms. The van der Waals surface area contributed by atoms with Gasteiger partial charge in [0.1, 0.15) is 5.76 Å². The van der Waals surface area contributed by atoms with Gasteiger partial charge < -0.3 is 14.9 Å². The van der Waals surface area contributed by atoms with Gasteiger partial charge in [-0.3, -0.25) is 4.79 Å². The second kappa shape index (κ2) is 5.13. The zero-order valence-corrected chi connectivity index (χ0v) is 12.2. The van der Waals surface area contributed by atoms with E-state index in [1.165, 1.54) is 12.8 Å². The number of aliphatic hydroxyl groups is 1. The molecule has 2 fully saturated rings. The molecule has 4 unspecified atom stereocenters. The van der Waals surface area contributed by atoms with Crippen molar-refractivity contribution < 1.29 is 14.4 Å². The molecule has 3 aliphatic carbocycles. The molecule has 2 bridgehead atoms. The molecule has 1 amide bonds. The first-order chi connectivity index (χ1) is 10.3. The highest BCUT2D eigenvalue weighted by atomic mass is 16.5. The Bertz CT molecular complexity index is 554. The molecule has 0 saturated heterocycles. The van der Waals surface area contributed by atoms with Crippen LogP contribution >= 0.6 is 0 Å². The van der Waals surface area contributed by atoms with Crippen LogP contribution in [0.25, 0.3) is 0 Å². The highest BCUT2D eigenvalue weighted by Crippen LogP contribution is 2.48. The Morgan fingerprint density at radius 1 is 1.29 bits per heavy atom. The van der Waals surface area contributed by atoms with Crippen LogP contribution < -0.4 is 5.32 Å². The van der Waals surface area contributed by atoms with Gasteiger partial charge >= 0.3 is 0 Å². The molecule has 5 nitrogen and oxygen atoms in total. The maximum Gasteiger partial charge on any atom is 0.274 e. The lowest BCUT2D eigenvalue weighted by atomic mass is 9.85. The number of hydrogen-bond acceptors (Lipinski definition) is 4. The predicted molar refractivity (Wildman–Crippen MR) is 75.8 cm³/mol. The molecule has 4 rings (SSSR count). The zero-order valence-electron chi connectivity index (χ0n) is 12.2. The third kappa shape index (κ3) is 2.09. The molecule has 114 valence electrons. The van der Waals surface area contributed by atoms with Crippen LogP contribution in [0.4, 0.5) is 0 Å². The van der Waals surface area contributed by atoms with Gasteiger partial charge in [0.25, 0.3) is 5.91 Å². The average Bonchev–Trinajstić information content (AvgIpc) is 3.20. The summed E-state index contributed by atoms with van der Waals surface area (Å²) in [6, 6.07) is 0.109. The number of aryl methyl sites for hydroxylation is 1. The van der Waals surface area contributed by atoms with E-state index in [9.17, 15) is 9.90 Å². The molecule has 1 aromatic heterocycles. The smallest absolute Gasteiger partial charge is 0.274 e. The maximum absolute atomic E-state index is 12.6. The minimum atomic E-state index is -0.113. The fraction of sp³-hybridized carbons (Fsp3) is 0.750. The third-order valence-electron chi connectivity index (χ3n) is 5.76. The fourth-order valence-electron chi connectivity index (χ4n) is 4.68. The molecule has 1 heterocycles. The number of nitrogens with zero attached hydrogens (tertiary/aromatic N) is 1. The summed E-state index contributed by atoms with van der Waals surface area (Å²) in [5.74, 6) is 2.10. The van der Waals surface area contributed by atoms with Crippen molar-refractivity contribution in [2.75, 3.05) is 6.61 Å².